The van der Waals surface area contributed by atoms with E-state index in [0.29, 0.717) is 15.5 Å². The molecule has 0 bridgehead atoms. The Balaban J connectivity index is 2.41. The fourth-order valence-corrected chi connectivity index (χ4v) is 2.95. The number of H-pyrrole nitrogens is 1. The van der Waals surface area contributed by atoms with Crippen LogP contribution in [0.1, 0.15) is 11.1 Å². The summed E-state index contributed by atoms with van der Waals surface area (Å²) in [5.41, 5.74) is 5.09. The van der Waals surface area contributed by atoms with Crippen LogP contribution in [0.3, 0.4) is 0 Å². The number of imidazole rings is 1. The van der Waals surface area contributed by atoms with E-state index >= 15 is 0 Å². The first-order valence-electron chi connectivity index (χ1n) is 6.58. The van der Waals surface area contributed by atoms with Crippen molar-refractivity contribution in [3.8, 4) is 11.4 Å². The van der Waals surface area contributed by atoms with Gasteiger partial charge in [-0.3, -0.25) is 4.57 Å². The first-order valence-corrected chi connectivity index (χ1v) is 7.36. The Hall–Kier alpha value is -1.78. The van der Waals surface area contributed by atoms with Gasteiger partial charge in [-0.2, -0.15) is 0 Å². The number of halogens is 1. The molecule has 3 nitrogen and oxygen atoms in total. The molecule has 0 amide bonds. The summed E-state index contributed by atoms with van der Waals surface area (Å²) in [6.45, 7) is 4.03. The van der Waals surface area contributed by atoms with Crippen molar-refractivity contribution in [2.24, 2.45) is 0 Å². The second-order valence-corrected chi connectivity index (χ2v) is 5.80. The normalized spacial score (nSPS) is 11.0. The van der Waals surface area contributed by atoms with E-state index in [0.717, 1.165) is 27.8 Å². The molecule has 3 rings (SSSR count). The van der Waals surface area contributed by atoms with Gasteiger partial charge in [0.25, 0.3) is 0 Å². The third-order valence-electron chi connectivity index (χ3n) is 3.63. The predicted octanol–water partition coefficient (Wildman–Crippen LogP) is 4.97. The van der Waals surface area contributed by atoms with Crippen LogP contribution in [0.4, 0.5) is 0 Å². The Morgan fingerprint density at radius 3 is 2.67 bits per heavy atom. The van der Waals surface area contributed by atoms with Gasteiger partial charge < -0.3 is 9.72 Å². The molecule has 1 N–H and O–H groups in total. The van der Waals surface area contributed by atoms with Crippen LogP contribution >= 0.6 is 23.8 Å². The van der Waals surface area contributed by atoms with Crippen LogP contribution in [0, 0.1) is 18.6 Å². The van der Waals surface area contributed by atoms with E-state index in [9.17, 15) is 0 Å². The fraction of sp³-hybridized carbons (Fsp3) is 0.188. The number of nitrogens with zero attached hydrogens (tertiary/aromatic N) is 1. The highest BCUT2D eigenvalue weighted by molar-refractivity contribution is 7.71. The molecule has 0 atom stereocenters. The monoisotopic (exact) mass is 318 g/mol. The van der Waals surface area contributed by atoms with Gasteiger partial charge in [0.05, 0.1) is 23.8 Å². The van der Waals surface area contributed by atoms with Gasteiger partial charge in [0.1, 0.15) is 5.75 Å². The van der Waals surface area contributed by atoms with E-state index in [1.807, 2.05) is 35.8 Å². The van der Waals surface area contributed by atoms with Gasteiger partial charge in [-0.25, -0.2) is 0 Å². The van der Waals surface area contributed by atoms with E-state index < -0.39 is 0 Å². The molecule has 3 aromatic rings. The lowest BCUT2D eigenvalue weighted by atomic mass is 10.2. The summed E-state index contributed by atoms with van der Waals surface area (Å²) in [7, 11) is 1.63. The van der Waals surface area contributed by atoms with Crippen molar-refractivity contribution >= 4 is 34.9 Å². The Morgan fingerprint density at radius 2 is 1.95 bits per heavy atom. The minimum atomic E-state index is 0.638. The highest BCUT2D eigenvalue weighted by atomic mass is 35.5. The molecule has 2 aromatic carbocycles. The quantitative estimate of drug-likeness (QED) is 0.676. The lowest BCUT2D eigenvalue weighted by Gasteiger charge is -2.12. The third kappa shape index (κ3) is 2.24. The van der Waals surface area contributed by atoms with Gasteiger partial charge in [0, 0.05) is 11.1 Å². The van der Waals surface area contributed by atoms with Crippen molar-refractivity contribution in [1.29, 1.82) is 0 Å². The van der Waals surface area contributed by atoms with Crippen molar-refractivity contribution in [3.05, 3.63) is 51.3 Å². The molecule has 0 radical (unpaired) electrons. The van der Waals surface area contributed by atoms with Crippen LogP contribution in [0.15, 0.2) is 30.3 Å². The number of aryl methyl sites for hydroxylation is 2. The molecule has 21 heavy (non-hydrogen) atoms. The second kappa shape index (κ2) is 5.20. The number of hydrogen-bond donors (Lipinski definition) is 1. The second-order valence-electron chi connectivity index (χ2n) is 5.01. The third-order valence-corrected chi connectivity index (χ3v) is 4.32. The Labute approximate surface area is 133 Å². The highest BCUT2D eigenvalue weighted by Crippen LogP contribution is 2.32. The first-order chi connectivity index (χ1) is 10.0. The van der Waals surface area contributed by atoms with Gasteiger partial charge in [-0.15, -0.1) is 0 Å². The average Bonchev–Trinajstić information content (AvgIpc) is 2.79. The van der Waals surface area contributed by atoms with E-state index in [1.54, 1.807) is 7.11 Å². The zero-order chi connectivity index (χ0) is 15.1. The lowest BCUT2D eigenvalue weighted by molar-refractivity contribution is 0.413. The summed E-state index contributed by atoms with van der Waals surface area (Å²) >= 11 is 11.7. The number of methoxy groups -OCH3 is 1. The average molecular weight is 319 g/mol. The topological polar surface area (TPSA) is 29.9 Å². The van der Waals surface area contributed by atoms with E-state index in [1.165, 1.54) is 0 Å². The van der Waals surface area contributed by atoms with E-state index in [2.05, 4.69) is 18.0 Å². The predicted molar refractivity (Wildman–Crippen MR) is 89.5 cm³/mol. The van der Waals surface area contributed by atoms with Crippen molar-refractivity contribution in [2.45, 2.75) is 13.8 Å². The lowest BCUT2D eigenvalue weighted by Crippen LogP contribution is -1.99. The first kappa shape index (κ1) is 14.2. The number of aromatic nitrogens is 2. The molecule has 5 heteroatoms. The van der Waals surface area contributed by atoms with Crippen LogP contribution in [-0.4, -0.2) is 16.7 Å². The Morgan fingerprint density at radius 1 is 1.19 bits per heavy atom. The number of ether oxygens (including phenoxy) is 1. The molecule has 0 aliphatic heterocycles. The maximum Gasteiger partial charge on any atom is 0.182 e. The number of para-hydroxylation sites is 1. The minimum absolute atomic E-state index is 0.638. The molecule has 0 unspecified atom stereocenters. The molecule has 0 aliphatic carbocycles. The van der Waals surface area contributed by atoms with Crippen LogP contribution < -0.4 is 4.74 Å². The molecular formula is C16H15ClN2OS. The number of rotatable bonds is 2. The Bertz CT molecular complexity index is 895. The summed E-state index contributed by atoms with van der Waals surface area (Å²) < 4.78 is 8.10. The zero-order valence-corrected chi connectivity index (χ0v) is 13.6. The molecule has 0 fully saturated rings. The SMILES string of the molecule is COc1cc(Cl)c(C)cc1-n1c(=S)[nH]c2c(C)cccc21. The highest BCUT2D eigenvalue weighted by Gasteiger charge is 2.14. The van der Waals surface area contributed by atoms with Gasteiger partial charge in [0.15, 0.2) is 4.77 Å². The molecule has 108 valence electrons. The molecule has 0 saturated heterocycles. The number of hydrogen-bond acceptors (Lipinski definition) is 2. The zero-order valence-electron chi connectivity index (χ0n) is 12.0. The van der Waals surface area contributed by atoms with Crippen molar-refractivity contribution < 1.29 is 4.74 Å². The molecule has 1 aromatic heterocycles. The number of benzene rings is 2. The van der Waals surface area contributed by atoms with Crippen LogP contribution in [0.2, 0.25) is 5.02 Å². The van der Waals surface area contributed by atoms with Gasteiger partial charge in [-0.05, 0) is 49.3 Å². The molecule has 0 spiro atoms. The summed E-state index contributed by atoms with van der Waals surface area (Å²) in [6.07, 6.45) is 0. The fourth-order valence-electron chi connectivity index (χ4n) is 2.50. The largest absolute Gasteiger partial charge is 0.495 e. The number of aromatic amines is 1. The van der Waals surface area contributed by atoms with Crippen molar-refractivity contribution in [1.82, 2.24) is 9.55 Å². The molecule has 0 aliphatic rings. The maximum atomic E-state index is 6.19. The van der Waals surface area contributed by atoms with E-state index in [4.69, 9.17) is 28.6 Å². The number of fused-ring (bicyclic) bond motifs is 1. The van der Waals surface area contributed by atoms with Gasteiger partial charge in [-0.1, -0.05) is 23.7 Å². The summed E-state index contributed by atoms with van der Waals surface area (Å²) in [5.74, 6) is 0.698. The van der Waals surface area contributed by atoms with Gasteiger partial charge in [0.2, 0.25) is 0 Å². The van der Waals surface area contributed by atoms with E-state index in [-0.39, 0.29) is 0 Å². The maximum absolute atomic E-state index is 6.19. The number of nitrogens with one attached hydrogen (secondary N) is 1. The molecule has 1 heterocycles. The summed E-state index contributed by atoms with van der Waals surface area (Å²) in [4.78, 5) is 3.27. The minimum Gasteiger partial charge on any atom is -0.495 e. The van der Waals surface area contributed by atoms with Crippen molar-refractivity contribution in [2.75, 3.05) is 7.11 Å². The summed E-state index contributed by atoms with van der Waals surface area (Å²) in [6, 6.07) is 9.93. The molecular weight excluding hydrogens is 304 g/mol. The van der Waals surface area contributed by atoms with Crippen molar-refractivity contribution in [3.63, 3.8) is 0 Å². The van der Waals surface area contributed by atoms with Crippen LogP contribution in [0.5, 0.6) is 5.75 Å². The van der Waals surface area contributed by atoms with Crippen LogP contribution in [0.25, 0.3) is 16.7 Å². The summed E-state index contributed by atoms with van der Waals surface area (Å²) in [5, 5.41) is 0.679. The molecule has 0 saturated carbocycles. The Kier molecular flexibility index (Phi) is 3.51. The van der Waals surface area contributed by atoms with Gasteiger partial charge >= 0.3 is 0 Å². The smallest absolute Gasteiger partial charge is 0.182 e. The van der Waals surface area contributed by atoms with Crippen LogP contribution in [-0.2, 0) is 0 Å². The standard InChI is InChI=1S/C16H15ClN2OS/c1-9-5-4-6-12-15(9)18-16(21)19(12)13-7-10(2)11(17)8-14(13)20-3/h4-8H,1-3H3,(H,18,21).